The van der Waals surface area contributed by atoms with Crippen LogP contribution in [0.1, 0.15) is 76.8 Å². The summed E-state index contributed by atoms with van der Waals surface area (Å²) in [4.78, 5) is 19.6. The Labute approximate surface area is 147 Å². The molecule has 5 nitrogen and oxygen atoms in total. The van der Waals surface area contributed by atoms with Crippen molar-refractivity contribution in [1.82, 2.24) is 9.97 Å². The maximum absolute atomic E-state index is 11.7. The Kier molecular flexibility index (Phi) is 10.6. The summed E-state index contributed by atoms with van der Waals surface area (Å²) in [5, 5.41) is 0. The summed E-state index contributed by atoms with van der Waals surface area (Å²) >= 11 is 3.31. The minimum atomic E-state index is -0.183. The van der Waals surface area contributed by atoms with Gasteiger partial charge in [0, 0.05) is 12.6 Å². The molecule has 0 aliphatic carbocycles. The van der Waals surface area contributed by atoms with Gasteiger partial charge in [-0.1, -0.05) is 58.3 Å². The third-order valence-corrected chi connectivity index (χ3v) is 4.35. The Bertz CT molecular complexity index is 469. The van der Waals surface area contributed by atoms with Gasteiger partial charge in [0.25, 0.3) is 0 Å². The van der Waals surface area contributed by atoms with Gasteiger partial charge < -0.3 is 10.5 Å². The molecule has 0 aliphatic rings. The van der Waals surface area contributed by atoms with Crippen molar-refractivity contribution < 1.29 is 9.53 Å². The highest BCUT2D eigenvalue weighted by Gasteiger charge is 2.08. The number of aromatic nitrogens is 2. The van der Waals surface area contributed by atoms with Crippen LogP contribution in [0.15, 0.2) is 10.7 Å². The molecule has 0 atom stereocenters. The molecule has 1 aromatic rings. The number of carbonyl (C=O) groups excluding carboxylic acids is 1. The quantitative estimate of drug-likeness (QED) is 0.413. The Hall–Kier alpha value is -1.17. The molecule has 0 amide bonds. The smallest absolute Gasteiger partial charge is 0.306 e. The van der Waals surface area contributed by atoms with Crippen molar-refractivity contribution in [1.29, 1.82) is 0 Å². The molecule has 6 heteroatoms. The van der Waals surface area contributed by atoms with Crippen LogP contribution in [0.3, 0.4) is 0 Å². The van der Waals surface area contributed by atoms with Crippen molar-refractivity contribution in [3.8, 4) is 0 Å². The van der Waals surface area contributed by atoms with Gasteiger partial charge in [0.05, 0.1) is 10.2 Å². The van der Waals surface area contributed by atoms with Crippen molar-refractivity contribution in [3.05, 3.63) is 16.4 Å². The van der Waals surface area contributed by atoms with Gasteiger partial charge in [-0.25, -0.2) is 9.97 Å². The lowest BCUT2D eigenvalue weighted by Gasteiger charge is -2.06. The number of rotatable bonds is 12. The SMILES string of the molecule is CCCCCCCCCCCC(=O)OCc1nc(N)ncc1Br. The van der Waals surface area contributed by atoms with Crippen LogP contribution in [0.2, 0.25) is 0 Å². The van der Waals surface area contributed by atoms with Crippen molar-refractivity contribution in [2.24, 2.45) is 0 Å². The molecule has 0 unspecified atom stereocenters. The molecule has 23 heavy (non-hydrogen) atoms. The zero-order valence-electron chi connectivity index (χ0n) is 14.0. The number of nitrogens with two attached hydrogens (primary N) is 1. The number of nitrogens with zero attached hydrogens (tertiary/aromatic N) is 2. The van der Waals surface area contributed by atoms with E-state index in [9.17, 15) is 4.79 Å². The molecule has 0 fully saturated rings. The first-order chi connectivity index (χ1) is 11.1. The van der Waals surface area contributed by atoms with Crippen LogP contribution < -0.4 is 5.73 Å². The number of hydrogen-bond donors (Lipinski definition) is 1. The highest BCUT2D eigenvalue weighted by atomic mass is 79.9. The maximum atomic E-state index is 11.7. The van der Waals surface area contributed by atoms with Gasteiger partial charge in [-0.15, -0.1) is 0 Å². The number of anilines is 1. The van der Waals surface area contributed by atoms with E-state index < -0.39 is 0 Å². The van der Waals surface area contributed by atoms with E-state index in [1.165, 1.54) is 44.9 Å². The summed E-state index contributed by atoms with van der Waals surface area (Å²) in [6, 6.07) is 0. The molecule has 0 saturated heterocycles. The second-order valence-electron chi connectivity index (χ2n) is 5.76. The second kappa shape index (κ2) is 12.3. The van der Waals surface area contributed by atoms with Gasteiger partial charge in [-0.3, -0.25) is 4.79 Å². The van der Waals surface area contributed by atoms with Crippen LogP contribution in [0.25, 0.3) is 0 Å². The number of nitrogen functional groups attached to an aromatic ring is 1. The first-order valence-electron chi connectivity index (χ1n) is 8.56. The summed E-state index contributed by atoms with van der Waals surface area (Å²) in [6.07, 6.45) is 13.1. The molecular weight excluding hydrogens is 358 g/mol. The van der Waals surface area contributed by atoms with Crippen molar-refractivity contribution in [2.45, 2.75) is 77.7 Å². The number of esters is 1. The summed E-state index contributed by atoms with van der Waals surface area (Å²) in [7, 11) is 0. The van der Waals surface area contributed by atoms with Crippen LogP contribution in [0, 0.1) is 0 Å². The van der Waals surface area contributed by atoms with E-state index in [0.717, 1.165) is 12.8 Å². The summed E-state index contributed by atoms with van der Waals surface area (Å²) < 4.78 is 5.92. The number of hydrogen-bond acceptors (Lipinski definition) is 5. The highest BCUT2D eigenvalue weighted by Crippen LogP contribution is 2.15. The third kappa shape index (κ3) is 9.54. The molecule has 0 radical (unpaired) electrons. The fourth-order valence-electron chi connectivity index (χ4n) is 2.32. The molecule has 1 aromatic heterocycles. The molecule has 0 bridgehead atoms. The van der Waals surface area contributed by atoms with Gasteiger partial charge in [0.2, 0.25) is 5.95 Å². The first kappa shape index (κ1) is 19.9. The maximum Gasteiger partial charge on any atom is 0.306 e. The summed E-state index contributed by atoms with van der Waals surface area (Å²) in [5.41, 5.74) is 6.11. The van der Waals surface area contributed by atoms with Crippen molar-refractivity contribution in [3.63, 3.8) is 0 Å². The summed E-state index contributed by atoms with van der Waals surface area (Å²) in [6.45, 7) is 2.36. The molecule has 0 spiro atoms. The molecule has 0 saturated carbocycles. The predicted molar refractivity (Wildman–Crippen MR) is 95.8 cm³/mol. The normalized spacial score (nSPS) is 10.7. The Morgan fingerprint density at radius 1 is 1.13 bits per heavy atom. The van der Waals surface area contributed by atoms with Gasteiger partial charge in [0.1, 0.15) is 6.61 Å². The average Bonchev–Trinajstić information content (AvgIpc) is 2.54. The monoisotopic (exact) mass is 385 g/mol. The lowest BCUT2D eigenvalue weighted by molar-refractivity contribution is -0.145. The molecular formula is C17H28BrN3O2. The van der Waals surface area contributed by atoms with Crippen LogP contribution in [-0.4, -0.2) is 15.9 Å². The largest absolute Gasteiger partial charge is 0.459 e. The standard InChI is InChI=1S/C17H28BrN3O2/c1-2-3-4-5-6-7-8-9-10-11-16(22)23-13-15-14(18)12-20-17(19)21-15/h12H,2-11,13H2,1H3,(H2,19,20,21). The molecule has 1 heterocycles. The Morgan fingerprint density at radius 3 is 2.39 bits per heavy atom. The lowest BCUT2D eigenvalue weighted by Crippen LogP contribution is -2.07. The number of ether oxygens (including phenoxy) is 1. The summed E-state index contributed by atoms with van der Waals surface area (Å²) in [5.74, 6) is -0.00443. The average molecular weight is 386 g/mol. The van der Waals surface area contributed by atoms with E-state index >= 15 is 0 Å². The van der Waals surface area contributed by atoms with Gasteiger partial charge in [0.15, 0.2) is 0 Å². The molecule has 0 aliphatic heterocycles. The van der Waals surface area contributed by atoms with Crippen molar-refractivity contribution in [2.75, 3.05) is 5.73 Å². The van der Waals surface area contributed by atoms with Gasteiger partial charge >= 0.3 is 5.97 Å². The lowest BCUT2D eigenvalue weighted by atomic mass is 10.1. The van der Waals surface area contributed by atoms with Crippen LogP contribution in [-0.2, 0) is 16.1 Å². The zero-order valence-corrected chi connectivity index (χ0v) is 15.6. The fraction of sp³-hybridized carbons (Fsp3) is 0.706. The highest BCUT2D eigenvalue weighted by molar-refractivity contribution is 9.10. The van der Waals surface area contributed by atoms with E-state index in [2.05, 4.69) is 32.8 Å². The van der Waals surface area contributed by atoms with E-state index in [0.29, 0.717) is 16.6 Å². The zero-order chi connectivity index (χ0) is 16.9. The third-order valence-electron chi connectivity index (χ3n) is 3.69. The van der Waals surface area contributed by atoms with Gasteiger partial charge in [-0.2, -0.15) is 0 Å². The van der Waals surface area contributed by atoms with Crippen LogP contribution >= 0.6 is 15.9 Å². The Morgan fingerprint density at radius 2 is 1.74 bits per heavy atom. The second-order valence-corrected chi connectivity index (χ2v) is 6.62. The first-order valence-corrected chi connectivity index (χ1v) is 9.35. The van der Waals surface area contributed by atoms with Crippen LogP contribution in [0.5, 0.6) is 0 Å². The number of carbonyl (C=O) groups is 1. The number of halogens is 1. The number of unbranched alkanes of at least 4 members (excludes halogenated alkanes) is 8. The van der Waals surface area contributed by atoms with E-state index in [1.54, 1.807) is 6.20 Å². The predicted octanol–water partition coefficient (Wildman–Crippen LogP) is 4.79. The minimum Gasteiger partial charge on any atom is -0.459 e. The van der Waals surface area contributed by atoms with E-state index in [1.807, 2.05) is 0 Å². The van der Waals surface area contributed by atoms with E-state index in [-0.39, 0.29) is 18.5 Å². The molecule has 1 rings (SSSR count). The minimum absolute atomic E-state index is 0.129. The van der Waals surface area contributed by atoms with Gasteiger partial charge in [-0.05, 0) is 22.4 Å². The molecule has 2 N–H and O–H groups in total. The van der Waals surface area contributed by atoms with Crippen molar-refractivity contribution >= 4 is 27.8 Å². The topological polar surface area (TPSA) is 78.1 Å². The Balaban J connectivity index is 2.03. The molecule has 130 valence electrons. The van der Waals surface area contributed by atoms with E-state index in [4.69, 9.17) is 10.5 Å². The fourth-order valence-corrected chi connectivity index (χ4v) is 2.63. The van der Waals surface area contributed by atoms with Crippen LogP contribution in [0.4, 0.5) is 5.95 Å². The molecule has 0 aromatic carbocycles.